The second-order valence-corrected chi connectivity index (χ2v) is 9.04. The lowest BCUT2D eigenvalue weighted by Crippen LogP contribution is -2.52. The molecule has 4 rings (SSSR count). The van der Waals surface area contributed by atoms with Crippen molar-refractivity contribution in [3.05, 3.63) is 35.1 Å². The summed E-state index contributed by atoms with van der Waals surface area (Å²) in [5, 5.41) is 5.41. The number of halogens is 4. The summed E-state index contributed by atoms with van der Waals surface area (Å²) in [6.45, 7) is 2.61. The molecule has 2 heterocycles. The van der Waals surface area contributed by atoms with Gasteiger partial charge < -0.3 is 15.5 Å². The normalized spacial score (nSPS) is 21.3. The third-order valence-electron chi connectivity index (χ3n) is 6.84. The van der Waals surface area contributed by atoms with Gasteiger partial charge in [-0.2, -0.15) is 13.2 Å². The molecule has 1 saturated carbocycles. The predicted molar refractivity (Wildman–Crippen MR) is 110 cm³/mol. The number of hydrogen-bond acceptors (Lipinski definition) is 4. The Labute approximate surface area is 188 Å². The van der Waals surface area contributed by atoms with Gasteiger partial charge >= 0.3 is 12.2 Å². The van der Waals surface area contributed by atoms with E-state index in [0.717, 1.165) is 25.3 Å². The number of rotatable bonds is 6. The number of alkyl halides is 3. The van der Waals surface area contributed by atoms with Gasteiger partial charge in [0.05, 0.1) is 5.56 Å². The lowest BCUT2D eigenvalue weighted by molar-refractivity contribution is -0.138. The molecule has 11 heteroatoms. The molecule has 0 unspecified atom stereocenters. The number of hydrogen-bond donors (Lipinski definition) is 2. The molecule has 2 N–H and O–H groups in total. The van der Waals surface area contributed by atoms with Gasteiger partial charge in [0.15, 0.2) is 0 Å². The molecule has 2 saturated heterocycles. The molecule has 0 radical (unpaired) electrons. The van der Waals surface area contributed by atoms with Gasteiger partial charge in [0.1, 0.15) is 11.4 Å². The van der Waals surface area contributed by atoms with Gasteiger partial charge in [-0.05, 0) is 69.3 Å². The number of urea groups is 1. The molecule has 0 atom stereocenters. The van der Waals surface area contributed by atoms with Gasteiger partial charge in [-0.25, -0.2) is 9.18 Å². The van der Waals surface area contributed by atoms with Gasteiger partial charge in [0, 0.05) is 25.2 Å². The Hall–Kier alpha value is -2.69. The van der Waals surface area contributed by atoms with E-state index in [1.807, 2.05) is 0 Å². The van der Waals surface area contributed by atoms with E-state index in [2.05, 4.69) is 15.5 Å². The third kappa shape index (κ3) is 4.97. The van der Waals surface area contributed by atoms with E-state index in [-0.39, 0.29) is 30.0 Å². The Balaban J connectivity index is 1.21. The second kappa shape index (κ2) is 8.92. The number of likely N-dealkylation sites (tertiary alicyclic amines) is 1. The van der Waals surface area contributed by atoms with E-state index in [1.54, 1.807) is 0 Å². The summed E-state index contributed by atoms with van der Waals surface area (Å²) in [6.07, 6.45) is -0.908. The molecule has 0 bridgehead atoms. The first-order valence-electron chi connectivity index (χ1n) is 11.1. The molecule has 4 amide bonds. The third-order valence-corrected chi connectivity index (χ3v) is 6.84. The maximum atomic E-state index is 13.5. The van der Waals surface area contributed by atoms with Crippen LogP contribution in [0.2, 0.25) is 0 Å². The highest BCUT2D eigenvalue weighted by atomic mass is 19.4. The van der Waals surface area contributed by atoms with Crippen LogP contribution in [0.5, 0.6) is 0 Å². The number of carbonyl (C=O) groups is 3. The molecule has 33 heavy (non-hydrogen) atoms. The van der Waals surface area contributed by atoms with Crippen molar-refractivity contribution in [2.24, 2.45) is 5.92 Å². The van der Waals surface area contributed by atoms with Crippen molar-refractivity contribution in [1.29, 1.82) is 0 Å². The van der Waals surface area contributed by atoms with Crippen molar-refractivity contribution in [3.63, 3.8) is 0 Å². The average Bonchev–Trinajstić information content (AvgIpc) is 3.00. The Morgan fingerprint density at radius 3 is 2.39 bits per heavy atom. The van der Waals surface area contributed by atoms with E-state index in [9.17, 15) is 31.9 Å². The zero-order valence-electron chi connectivity index (χ0n) is 18.0. The standard InChI is InChI=1S/C22H26F4N4O3/c23-17-11-15(10-16(12-17)22(24,25)26)18(31)27-13-14-2-6-29(7-3-14)8-9-30-19(32)21(4-1-5-21)28-20(30)33/h10-12,14H,1-9,13H2,(H,27,31)(H,28,33). The average molecular weight is 470 g/mol. The van der Waals surface area contributed by atoms with Gasteiger partial charge in [0.25, 0.3) is 11.8 Å². The van der Waals surface area contributed by atoms with Crippen LogP contribution in [0, 0.1) is 11.7 Å². The number of benzene rings is 1. The smallest absolute Gasteiger partial charge is 0.352 e. The largest absolute Gasteiger partial charge is 0.416 e. The highest BCUT2D eigenvalue weighted by Crippen LogP contribution is 2.37. The predicted octanol–water partition coefficient (Wildman–Crippen LogP) is 2.76. The van der Waals surface area contributed by atoms with Crippen LogP contribution in [-0.4, -0.2) is 65.9 Å². The second-order valence-electron chi connectivity index (χ2n) is 9.04. The van der Waals surface area contributed by atoms with Crippen LogP contribution in [0.15, 0.2) is 18.2 Å². The Bertz CT molecular complexity index is 940. The molecule has 1 aliphatic carbocycles. The van der Waals surface area contributed by atoms with E-state index in [0.29, 0.717) is 51.2 Å². The number of imide groups is 1. The van der Waals surface area contributed by atoms with Gasteiger partial charge in [-0.3, -0.25) is 14.5 Å². The minimum Gasteiger partial charge on any atom is -0.352 e. The van der Waals surface area contributed by atoms with Gasteiger partial charge in [0.2, 0.25) is 0 Å². The van der Waals surface area contributed by atoms with Crippen molar-refractivity contribution in [2.45, 2.75) is 43.8 Å². The summed E-state index contributed by atoms with van der Waals surface area (Å²) in [6, 6.07) is 1.46. The molecule has 1 aromatic rings. The fourth-order valence-electron chi connectivity index (χ4n) is 4.63. The van der Waals surface area contributed by atoms with Crippen molar-refractivity contribution in [3.8, 4) is 0 Å². The van der Waals surface area contributed by atoms with Crippen LogP contribution in [0.3, 0.4) is 0 Å². The summed E-state index contributed by atoms with van der Waals surface area (Å²) >= 11 is 0. The van der Waals surface area contributed by atoms with Crippen LogP contribution in [0.4, 0.5) is 22.4 Å². The highest BCUT2D eigenvalue weighted by molar-refractivity contribution is 6.07. The molecular weight excluding hydrogens is 444 g/mol. The number of amides is 4. The molecule has 3 aliphatic rings. The monoisotopic (exact) mass is 470 g/mol. The maximum absolute atomic E-state index is 13.5. The summed E-state index contributed by atoms with van der Waals surface area (Å²) in [5.41, 5.74) is -2.24. The fourth-order valence-corrected chi connectivity index (χ4v) is 4.63. The zero-order valence-corrected chi connectivity index (χ0v) is 18.0. The van der Waals surface area contributed by atoms with Crippen molar-refractivity contribution >= 4 is 17.8 Å². The SMILES string of the molecule is O=C(NCC1CCN(CCN2C(=O)NC3(CCC3)C2=O)CC1)c1cc(F)cc(C(F)(F)F)c1. The van der Waals surface area contributed by atoms with E-state index in [1.165, 1.54) is 4.90 Å². The number of nitrogens with one attached hydrogen (secondary N) is 2. The van der Waals surface area contributed by atoms with Crippen molar-refractivity contribution in [1.82, 2.24) is 20.4 Å². The molecule has 180 valence electrons. The fraction of sp³-hybridized carbons (Fsp3) is 0.591. The molecule has 3 fully saturated rings. The minimum absolute atomic E-state index is 0.135. The summed E-state index contributed by atoms with van der Waals surface area (Å²) < 4.78 is 52.0. The first-order valence-corrected chi connectivity index (χ1v) is 11.1. The Morgan fingerprint density at radius 2 is 1.82 bits per heavy atom. The molecule has 7 nitrogen and oxygen atoms in total. The van der Waals surface area contributed by atoms with E-state index in [4.69, 9.17) is 0 Å². The summed E-state index contributed by atoms with van der Waals surface area (Å²) in [7, 11) is 0. The van der Waals surface area contributed by atoms with Crippen LogP contribution in [0.25, 0.3) is 0 Å². The first-order chi connectivity index (χ1) is 15.6. The summed E-state index contributed by atoms with van der Waals surface area (Å²) in [4.78, 5) is 40.3. The number of nitrogens with zero attached hydrogens (tertiary/aromatic N) is 2. The van der Waals surface area contributed by atoms with Crippen LogP contribution in [-0.2, 0) is 11.0 Å². The zero-order chi connectivity index (χ0) is 23.8. The number of piperidine rings is 1. The van der Waals surface area contributed by atoms with E-state index < -0.39 is 29.0 Å². The Kier molecular flexibility index (Phi) is 6.35. The lowest BCUT2D eigenvalue weighted by atomic mass is 9.77. The van der Waals surface area contributed by atoms with Gasteiger partial charge in [-0.15, -0.1) is 0 Å². The minimum atomic E-state index is -4.73. The van der Waals surface area contributed by atoms with E-state index >= 15 is 0 Å². The molecule has 1 spiro atoms. The molecule has 0 aromatic heterocycles. The molecule has 1 aromatic carbocycles. The maximum Gasteiger partial charge on any atom is 0.416 e. The van der Waals surface area contributed by atoms with Crippen molar-refractivity contribution < 1.29 is 31.9 Å². The van der Waals surface area contributed by atoms with Crippen LogP contribution < -0.4 is 10.6 Å². The first kappa shape index (κ1) is 23.5. The van der Waals surface area contributed by atoms with Crippen molar-refractivity contribution in [2.75, 3.05) is 32.7 Å². The molecular formula is C22H26F4N4O3. The lowest BCUT2D eigenvalue weighted by Gasteiger charge is -2.35. The Morgan fingerprint density at radius 1 is 1.12 bits per heavy atom. The van der Waals surface area contributed by atoms with Crippen LogP contribution in [0.1, 0.15) is 48.0 Å². The topological polar surface area (TPSA) is 81.8 Å². The quantitative estimate of drug-likeness (QED) is 0.495. The van der Waals surface area contributed by atoms with Crippen LogP contribution >= 0.6 is 0 Å². The number of carbonyl (C=O) groups excluding carboxylic acids is 3. The van der Waals surface area contributed by atoms with Gasteiger partial charge in [-0.1, -0.05) is 0 Å². The summed E-state index contributed by atoms with van der Waals surface area (Å²) in [5.74, 6) is -1.86. The highest BCUT2D eigenvalue weighted by Gasteiger charge is 2.54. The molecule has 2 aliphatic heterocycles.